The quantitative estimate of drug-likeness (QED) is 0.149. The van der Waals surface area contributed by atoms with Gasteiger partial charge in [0, 0.05) is 23.5 Å². The number of nitrogens with zero attached hydrogens (tertiary/aromatic N) is 2. The number of rotatable bonds is 11. The summed E-state index contributed by atoms with van der Waals surface area (Å²) in [6.45, 7) is 15.2. The number of carbonyl (C=O) groups is 2. The predicted molar refractivity (Wildman–Crippen MR) is 184 cm³/mol. The SMILES string of the molecule is C=C(C(C)N(CC(/C=C\C=C/C)=C/C)C(=O)Cc1ccc(C(F)(F)F)cc1)N(C(=O)c1ccccc1C)c1ccc(C(F)(F)F)cc1.CC. The van der Waals surface area contributed by atoms with Crippen LogP contribution in [0.5, 0.6) is 0 Å². The molecule has 10 heteroatoms. The maximum absolute atomic E-state index is 14.1. The van der Waals surface area contributed by atoms with Crippen molar-refractivity contribution in [2.75, 3.05) is 11.4 Å². The summed E-state index contributed by atoms with van der Waals surface area (Å²) >= 11 is 0. The molecule has 3 aromatic carbocycles. The fourth-order valence-corrected chi connectivity index (χ4v) is 4.77. The molecule has 0 aliphatic heterocycles. The maximum atomic E-state index is 14.1. The summed E-state index contributed by atoms with van der Waals surface area (Å²) < 4.78 is 79.6. The van der Waals surface area contributed by atoms with Crippen molar-refractivity contribution in [3.63, 3.8) is 0 Å². The number of halogens is 6. The molecule has 3 aromatic rings. The molecule has 2 amide bonds. The van der Waals surface area contributed by atoms with E-state index in [1.165, 1.54) is 34.1 Å². The summed E-state index contributed by atoms with van der Waals surface area (Å²) in [5, 5.41) is 0. The molecule has 0 saturated heterocycles. The van der Waals surface area contributed by atoms with Gasteiger partial charge in [-0.2, -0.15) is 26.3 Å². The van der Waals surface area contributed by atoms with Crippen LogP contribution >= 0.6 is 0 Å². The van der Waals surface area contributed by atoms with Crippen LogP contribution in [0.25, 0.3) is 0 Å². The number of alkyl halides is 6. The maximum Gasteiger partial charge on any atom is 0.416 e. The number of benzene rings is 3. The van der Waals surface area contributed by atoms with Gasteiger partial charge < -0.3 is 4.90 Å². The van der Waals surface area contributed by atoms with Gasteiger partial charge in [-0.25, -0.2) is 0 Å². The normalized spacial score (nSPS) is 12.8. The van der Waals surface area contributed by atoms with Crippen molar-refractivity contribution in [3.8, 4) is 0 Å². The Labute approximate surface area is 284 Å². The van der Waals surface area contributed by atoms with Crippen molar-refractivity contribution < 1.29 is 35.9 Å². The Bertz CT molecular complexity index is 1650. The highest BCUT2D eigenvalue weighted by molar-refractivity contribution is 6.09. The average molecular weight is 685 g/mol. The third kappa shape index (κ3) is 11.1. The minimum atomic E-state index is -4.60. The standard InChI is InChI=1S/C37H36F6N2O2.C2H6/c1-6-8-9-13-28(7-2)24-44(34(46)23-29-15-17-30(18-16-29)36(38,39)40)26(4)27(5)45(35(47)33-14-11-10-12-25(33)3)32-21-19-31(20-22-32)37(41,42)43;1-2/h6-22,26H,5,23-24H2,1-4H3;1-2H3/b8-6-,13-9-,28-7+;. The van der Waals surface area contributed by atoms with Crippen LogP contribution in [0.3, 0.4) is 0 Å². The second-order valence-electron chi connectivity index (χ2n) is 10.8. The van der Waals surface area contributed by atoms with Crippen LogP contribution in [0.4, 0.5) is 32.0 Å². The highest BCUT2D eigenvalue weighted by Crippen LogP contribution is 2.33. The number of hydrogen-bond donors (Lipinski definition) is 0. The molecule has 1 unspecified atom stereocenters. The first-order chi connectivity index (χ1) is 23.1. The van der Waals surface area contributed by atoms with Crippen molar-refractivity contribution in [1.29, 1.82) is 0 Å². The summed E-state index contributed by atoms with van der Waals surface area (Å²) in [4.78, 5) is 30.6. The number of amides is 2. The van der Waals surface area contributed by atoms with Crippen molar-refractivity contribution in [2.45, 2.75) is 66.4 Å². The lowest BCUT2D eigenvalue weighted by molar-refractivity contribution is -0.138. The van der Waals surface area contributed by atoms with E-state index < -0.39 is 41.3 Å². The van der Waals surface area contributed by atoms with Gasteiger partial charge in [0.1, 0.15) is 0 Å². The summed E-state index contributed by atoms with van der Waals surface area (Å²) in [6, 6.07) is 14.2. The third-order valence-corrected chi connectivity index (χ3v) is 7.56. The molecule has 1 atom stereocenters. The lowest BCUT2D eigenvalue weighted by atomic mass is 10.0. The number of aryl methyl sites for hydroxylation is 1. The van der Waals surface area contributed by atoms with Gasteiger partial charge in [-0.05, 0) is 86.9 Å². The Morgan fingerprint density at radius 1 is 0.816 bits per heavy atom. The van der Waals surface area contributed by atoms with Gasteiger partial charge in [0.25, 0.3) is 5.91 Å². The van der Waals surface area contributed by atoms with Crippen LogP contribution in [-0.2, 0) is 23.6 Å². The fraction of sp³-hybridized carbons (Fsp3) is 0.282. The number of allylic oxidation sites excluding steroid dienone is 4. The molecular formula is C39H42F6N2O2. The topological polar surface area (TPSA) is 40.6 Å². The van der Waals surface area contributed by atoms with Crippen molar-refractivity contribution in [3.05, 3.63) is 149 Å². The van der Waals surface area contributed by atoms with Crippen LogP contribution in [-0.4, -0.2) is 29.3 Å². The van der Waals surface area contributed by atoms with E-state index in [1.54, 1.807) is 69.3 Å². The first-order valence-electron chi connectivity index (χ1n) is 15.7. The molecule has 0 spiro atoms. The molecule has 0 fully saturated rings. The average Bonchev–Trinajstić information content (AvgIpc) is 3.06. The molecule has 0 bridgehead atoms. The molecule has 0 aliphatic rings. The predicted octanol–water partition coefficient (Wildman–Crippen LogP) is 10.8. The van der Waals surface area contributed by atoms with Crippen molar-refractivity contribution in [1.82, 2.24) is 4.90 Å². The minimum absolute atomic E-state index is 0.0453. The second kappa shape index (κ2) is 18.1. The van der Waals surface area contributed by atoms with E-state index in [9.17, 15) is 35.9 Å². The lowest BCUT2D eigenvalue weighted by Crippen LogP contribution is -2.46. The van der Waals surface area contributed by atoms with Gasteiger partial charge in [0.15, 0.2) is 0 Å². The zero-order valence-corrected chi connectivity index (χ0v) is 28.5. The van der Waals surface area contributed by atoms with Crippen LogP contribution in [0.15, 0.2) is 121 Å². The molecule has 3 rings (SSSR count). The molecule has 0 N–H and O–H groups in total. The van der Waals surface area contributed by atoms with Crippen LogP contribution in [0.2, 0.25) is 0 Å². The minimum Gasteiger partial charge on any atom is -0.330 e. The van der Waals surface area contributed by atoms with E-state index in [1.807, 2.05) is 26.8 Å². The summed E-state index contributed by atoms with van der Waals surface area (Å²) in [7, 11) is 0. The Balaban J connectivity index is 0.00000409. The van der Waals surface area contributed by atoms with Gasteiger partial charge in [-0.15, -0.1) is 0 Å². The molecule has 0 aliphatic carbocycles. The number of carbonyl (C=O) groups excluding carboxylic acids is 2. The highest BCUT2D eigenvalue weighted by atomic mass is 19.4. The third-order valence-electron chi connectivity index (χ3n) is 7.56. The van der Waals surface area contributed by atoms with Gasteiger partial charge in [-0.1, -0.05) is 81.1 Å². The molecule has 0 heterocycles. The summed E-state index contributed by atoms with van der Waals surface area (Å²) in [5.41, 5.74) is 0.427. The fourth-order valence-electron chi connectivity index (χ4n) is 4.77. The molecular weight excluding hydrogens is 642 g/mol. The van der Waals surface area contributed by atoms with Crippen LogP contribution in [0.1, 0.15) is 67.2 Å². The monoisotopic (exact) mass is 684 g/mol. The van der Waals surface area contributed by atoms with Crippen molar-refractivity contribution >= 4 is 17.5 Å². The van der Waals surface area contributed by atoms with E-state index in [-0.39, 0.29) is 29.9 Å². The molecule has 0 aromatic heterocycles. The smallest absolute Gasteiger partial charge is 0.330 e. The molecule has 0 saturated carbocycles. The van der Waals surface area contributed by atoms with E-state index >= 15 is 0 Å². The molecule has 4 nitrogen and oxygen atoms in total. The van der Waals surface area contributed by atoms with E-state index in [0.717, 1.165) is 29.8 Å². The van der Waals surface area contributed by atoms with E-state index in [2.05, 4.69) is 6.58 Å². The first-order valence-corrected chi connectivity index (χ1v) is 15.7. The van der Waals surface area contributed by atoms with Gasteiger partial charge in [0.2, 0.25) is 5.91 Å². The highest BCUT2D eigenvalue weighted by Gasteiger charge is 2.34. The molecule has 49 heavy (non-hydrogen) atoms. The van der Waals surface area contributed by atoms with Gasteiger partial charge in [-0.3, -0.25) is 14.5 Å². The number of anilines is 1. The summed E-state index contributed by atoms with van der Waals surface area (Å²) in [5.74, 6) is -1.03. The lowest BCUT2D eigenvalue weighted by Gasteiger charge is -2.36. The number of hydrogen-bond acceptors (Lipinski definition) is 2. The Morgan fingerprint density at radius 2 is 1.35 bits per heavy atom. The zero-order chi connectivity index (χ0) is 36.9. The largest absolute Gasteiger partial charge is 0.416 e. The van der Waals surface area contributed by atoms with E-state index in [0.29, 0.717) is 11.1 Å². The first kappa shape index (κ1) is 40.3. The van der Waals surface area contributed by atoms with Crippen LogP contribution in [0, 0.1) is 6.92 Å². The van der Waals surface area contributed by atoms with Gasteiger partial charge in [0.05, 0.1) is 23.6 Å². The Hall–Kier alpha value is -4.86. The Morgan fingerprint density at radius 3 is 1.84 bits per heavy atom. The molecule has 0 radical (unpaired) electrons. The van der Waals surface area contributed by atoms with Crippen molar-refractivity contribution in [2.24, 2.45) is 0 Å². The second-order valence-corrected chi connectivity index (χ2v) is 10.8. The zero-order valence-electron chi connectivity index (χ0n) is 28.5. The van der Waals surface area contributed by atoms with Gasteiger partial charge >= 0.3 is 12.4 Å². The summed E-state index contributed by atoms with van der Waals surface area (Å²) in [6.07, 6.45) is -0.403. The molecule has 262 valence electrons. The Kier molecular flexibility index (Phi) is 14.9. The van der Waals surface area contributed by atoms with E-state index in [4.69, 9.17) is 0 Å². The van der Waals surface area contributed by atoms with Crippen LogP contribution < -0.4 is 4.90 Å².